The fourth-order valence-electron chi connectivity index (χ4n) is 5.20. The number of nitrogens with one attached hydrogen (secondary N) is 1. The van der Waals surface area contributed by atoms with Gasteiger partial charge in [0.25, 0.3) is 0 Å². The number of aliphatic hydroxyl groups is 3. The molecule has 0 aromatic carbocycles. The number of nitrogens with zero attached hydrogens (tertiary/aromatic N) is 4. The van der Waals surface area contributed by atoms with Crippen LogP contribution in [0.5, 0.6) is 0 Å². The molecule has 144 valence electrons. The molecule has 2 aromatic heterocycles. The normalized spacial score (nSPS) is 44.8. The summed E-state index contributed by atoms with van der Waals surface area (Å²) in [6.07, 6.45) is 2.07. The van der Waals surface area contributed by atoms with Gasteiger partial charge in [-0.3, -0.25) is 4.57 Å². The highest BCUT2D eigenvalue weighted by Gasteiger charge is 2.63. The molecule has 10 heteroatoms. The van der Waals surface area contributed by atoms with Gasteiger partial charge in [-0.05, 0) is 18.8 Å². The average molecular weight is 375 g/mol. The summed E-state index contributed by atoms with van der Waals surface area (Å²) < 4.78 is 12.9. The second kappa shape index (κ2) is 5.58. The van der Waals surface area contributed by atoms with Crippen LogP contribution >= 0.6 is 0 Å². The summed E-state index contributed by atoms with van der Waals surface area (Å²) >= 11 is 0. The predicted molar refractivity (Wildman–Crippen MR) is 90.6 cm³/mol. The second-order valence-electron chi connectivity index (χ2n) is 7.99. The molecule has 0 unspecified atom stereocenters. The summed E-state index contributed by atoms with van der Waals surface area (Å²) in [6.45, 7) is -0.377. The van der Waals surface area contributed by atoms with Crippen molar-refractivity contribution in [2.45, 2.75) is 55.6 Å². The van der Waals surface area contributed by atoms with Crippen molar-refractivity contribution >= 4 is 17.0 Å². The molecule has 4 aliphatic rings. The monoisotopic (exact) mass is 375 g/mol. The summed E-state index contributed by atoms with van der Waals surface area (Å²) in [5, 5.41) is 33.1. The minimum Gasteiger partial charge on any atom is -0.394 e. The van der Waals surface area contributed by atoms with Crippen molar-refractivity contribution in [1.29, 1.82) is 0 Å². The lowest BCUT2D eigenvalue weighted by Crippen LogP contribution is -2.33. The lowest BCUT2D eigenvalue weighted by molar-refractivity contribution is -0.0511. The number of epoxide rings is 1. The number of aliphatic hydroxyl groups excluding tert-OH is 3. The Balaban J connectivity index is 1.30. The summed E-state index contributed by atoms with van der Waals surface area (Å²) in [6, 6.07) is 0.316. The number of ether oxygens (including phenoxy) is 2. The highest BCUT2D eigenvalue weighted by atomic mass is 16.6. The van der Waals surface area contributed by atoms with Crippen LogP contribution in [0.1, 0.15) is 19.1 Å². The number of anilines is 1. The summed E-state index contributed by atoms with van der Waals surface area (Å²) in [5.41, 5.74) is 1.09. The van der Waals surface area contributed by atoms with Crippen LogP contribution in [-0.4, -0.2) is 78.0 Å². The Hall–Kier alpha value is -1.85. The maximum Gasteiger partial charge on any atom is 0.167 e. The van der Waals surface area contributed by atoms with Crippen LogP contribution in [0.25, 0.3) is 11.2 Å². The predicted octanol–water partition coefficient (Wildman–Crippen LogP) is -0.974. The van der Waals surface area contributed by atoms with E-state index < -0.39 is 24.5 Å². The van der Waals surface area contributed by atoms with Gasteiger partial charge >= 0.3 is 0 Å². The van der Waals surface area contributed by atoms with Crippen molar-refractivity contribution < 1.29 is 24.8 Å². The van der Waals surface area contributed by atoms with Crippen LogP contribution in [0.3, 0.4) is 0 Å². The smallest absolute Gasteiger partial charge is 0.167 e. The van der Waals surface area contributed by atoms with Crippen molar-refractivity contribution in [2.75, 3.05) is 11.9 Å². The molecule has 2 bridgehead atoms. The number of hydrogen-bond acceptors (Lipinski definition) is 9. The zero-order valence-electron chi connectivity index (χ0n) is 14.4. The second-order valence-corrected chi connectivity index (χ2v) is 7.99. The first kappa shape index (κ1) is 16.1. The van der Waals surface area contributed by atoms with E-state index in [1.807, 2.05) is 0 Å². The highest BCUT2D eigenvalue weighted by molar-refractivity contribution is 5.83. The van der Waals surface area contributed by atoms with Crippen LogP contribution in [0.15, 0.2) is 12.7 Å². The molecule has 2 aromatic rings. The molecule has 2 saturated carbocycles. The van der Waals surface area contributed by atoms with Crippen LogP contribution in [-0.2, 0) is 9.47 Å². The molecular formula is C17H21N5O5. The SMILES string of the molecule is OC[C@H]1O[C@@H](n2cnc3c(N[C@@H]4C[C@H]5C[C@@H]4[C@@H]4O[C@H]54)ncnc32)[C@H](O)[C@@H]1O. The first-order chi connectivity index (χ1) is 13.2. The van der Waals surface area contributed by atoms with Gasteiger partial charge in [0.05, 0.1) is 25.1 Å². The molecule has 4 N–H and O–H groups in total. The third-order valence-corrected chi connectivity index (χ3v) is 6.57. The van der Waals surface area contributed by atoms with Gasteiger partial charge in [0.2, 0.25) is 0 Å². The number of aromatic nitrogens is 4. The van der Waals surface area contributed by atoms with E-state index >= 15 is 0 Å². The van der Waals surface area contributed by atoms with Gasteiger partial charge < -0.3 is 30.1 Å². The molecule has 0 spiro atoms. The van der Waals surface area contributed by atoms with E-state index in [-0.39, 0.29) is 6.61 Å². The van der Waals surface area contributed by atoms with Crippen molar-refractivity contribution in [3.8, 4) is 0 Å². The Morgan fingerprint density at radius 1 is 1.11 bits per heavy atom. The molecule has 27 heavy (non-hydrogen) atoms. The van der Waals surface area contributed by atoms with Gasteiger partial charge in [-0.25, -0.2) is 15.0 Å². The number of rotatable bonds is 4. The summed E-state index contributed by atoms with van der Waals surface area (Å²) in [7, 11) is 0. The van der Waals surface area contributed by atoms with E-state index in [2.05, 4.69) is 20.3 Å². The Labute approximate surface area is 154 Å². The molecule has 2 aliphatic carbocycles. The summed E-state index contributed by atoms with van der Waals surface area (Å²) in [4.78, 5) is 13.1. The molecular weight excluding hydrogens is 354 g/mol. The third-order valence-electron chi connectivity index (χ3n) is 6.57. The zero-order valence-corrected chi connectivity index (χ0v) is 14.4. The Kier molecular flexibility index (Phi) is 3.34. The number of fused-ring (bicyclic) bond motifs is 6. The molecule has 6 rings (SSSR count). The maximum absolute atomic E-state index is 10.3. The van der Waals surface area contributed by atoms with Crippen LogP contribution in [0.4, 0.5) is 5.82 Å². The van der Waals surface area contributed by atoms with Gasteiger partial charge in [-0.2, -0.15) is 0 Å². The molecule has 0 radical (unpaired) electrons. The summed E-state index contributed by atoms with van der Waals surface area (Å²) in [5.74, 6) is 1.82. The zero-order chi connectivity index (χ0) is 18.3. The van der Waals surface area contributed by atoms with Crippen LogP contribution in [0, 0.1) is 11.8 Å². The molecule has 2 saturated heterocycles. The third kappa shape index (κ3) is 2.21. The van der Waals surface area contributed by atoms with Gasteiger partial charge in [0, 0.05) is 12.0 Å². The molecule has 10 nitrogen and oxygen atoms in total. The van der Waals surface area contributed by atoms with Crippen LogP contribution < -0.4 is 5.32 Å². The first-order valence-corrected chi connectivity index (χ1v) is 9.37. The Morgan fingerprint density at radius 3 is 2.74 bits per heavy atom. The highest BCUT2D eigenvalue weighted by Crippen LogP contribution is 2.56. The minimum absolute atomic E-state index is 0.316. The molecule has 9 atom stereocenters. The molecule has 2 aliphatic heterocycles. The van der Waals surface area contributed by atoms with Gasteiger partial charge in [0.1, 0.15) is 24.6 Å². The maximum atomic E-state index is 10.3. The van der Waals surface area contributed by atoms with E-state index in [1.165, 1.54) is 19.1 Å². The van der Waals surface area contributed by atoms with Crippen molar-refractivity contribution in [2.24, 2.45) is 11.8 Å². The van der Waals surface area contributed by atoms with E-state index in [1.54, 1.807) is 4.57 Å². The molecule has 0 amide bonds. The quantitative estimate of drug-likeness (QED) is 0.497. The van der Waals surface area contributed by atoms with Crippen molar-refractivity contribution in [3.05, 3.63) is 12.7 Å². The molecule has 4 fully saturated rings. The van der Waals surface area contributed by atoms with E-state index in [4.69, 9.17) is 9.47 Å². The Bertz CT molecular complexity index is 892. The van der Waals surface area contributed by atoms with Crippen molar-refractivity contribution in [1.82, 2.24) is 19.5 Å². The van der Waals surface area contributed by atoms with E-state index in [0.29, 0.717) is 47.1 Å². The minimum atomic E-state index is -1.18. The van der Waals surface area contributed by atoms with Gasteiger partial charge in [-0.15, -0.1) is 0 Å². The van der Waals surface area contributed by atoms with E-state index in [0.717, 1.165) is 6.42 Å². The number of imidazole rings is 1. The fraction of sp³-hybridized carbons (Fsp3) is 0.706. The molecule has 4 heterocycles. The van der Waals surface area contributed by atoms with Crippen LogP contribution in [0.2, 0.25) is 0 Å². The largest absolute Gasteiger partial charge is 0.394 e. The fourth-order valence-corrected chi connectivity index (χ4v) is 5.20. The first-order valence-electron chi connectivity index (χ1n) is 9.37. The number of hydrogen-bond donors (Lipinski definition) is 4. The Morgan fingerprint density at radius 2 is 2.00 bits per heavy atom. The van der Waals surface area contributed by atoms with E-state index in [9.17, 15) is 15.3 Å². The lowest BCUT2D eigenvalue weighted by Gasteiger charge is -2.21. The average Bonchev–Trinajstić information content (AvgIpc) is 2.95. The van der Waals surface area contributed by atoms with Gasteiger partial charge in [-0.1, -0.05) is 0 Å². The lowest BCUT2D eigenvalue weighted by atomic mass is 9.95. The van der Waals surface area contributed by atoms with Gasteiger partial charge in [0.15, 0.2) is 23.2 Å². The standard InChI is InChI=1S/C17H21N5O5/c23-3-9-11(24)12(25)17(26-9)22-5-20-10-15(18-4-19-16(10)22)21-8-2-6-1-7(8)14-13(6)27-14/h4-9,11-14,17,23-25H,1-3H2,(H,18,19,21)/t6-,7+,8-,9-,11-,12-,13-,14+,17-/m1/s1. The van der Waals surface area contributed by atoms with Crippen molar-refractivity contribution in [3.63, 3.8) is 0 Å². The topological polar surface area (TPSA) is 138 Å².